The highest BCUT2D eigenvalue weighted by molar-refractivity contribution is 9.08. The van der Waals surface area contributed by atoms with Crippen molar-refractivity contribution in [1.82, 2.24) is 4.98 Å². The highest BCUT2D eigenvalue weighted by Crippen LogP contribution is 2.32. The summed E-state index contributed by atoms with van der Waals surface area (Å²) in [5.41, 5.74) is -0.350. The minimum atomic E-state index is -2.78. The zero-order valence-electron chi connectivity index (χ0n) is 7.23. The minimum Gasteiger partial charge on any atom is -0.494 e. The molecule has 0 aliphatic carbocycles. The number of hydrogen-bond acceptors (Lipinski definition) is 2. The van der Waals surface area contributed by atoms with E-state index in [1.165, 1.54) is 7.11 Å². The molecule has 0 aromatic carbocycles. The van der Waals surface area contributed by atoms with Gasteiger partial charge in [0.15, 0.2) is 0 Å². The van der Waals surface area contributed by atoms with Crippen LogP contribution in [0, 0.1) is 5.95 Å². The van der Waals surface area contributed by atoms with Crippen LogP contribution in [-0.2, 0) is 5.33 Å². The highest BCUT2D eigenvalue weighted by atomic mass is 79.9. The summed E-state index contributed by atoms with van der Waals surface area (Å²) in [6.07, 6.45) is -2.78. The Morgan fingerprint density at radius 2 is 2.21 bits per heavy atom. The summed E-state index contributed by atoms with van der Waals surface area (Å²) in [7, 11) is 1.24. The van der Waals surface area contributed by atoms with Crippen molar-refractivity contribution in [3.05, 3.63) is 23.3 Å². The van der Waals surface area contributed by atoms with Crippen LogP contribution in [0.25, 0.3) is 0 Å². The molecular weight excluding hydrogens is 263 g/mol. The van der Waals surface area contributed by atoms with E-state index in [0.717, 1.165) is 0 Å². The van der Waals surface area contributed by atoms with Gasteiger partial charge >= 0.3 is 0 Å². The second-order valence-electron chi connectivity index (χ2n) is 2.45. The van der Waals surface area contributed by atoms with Crippen molar-refractivity contribution >= 4 is 15.9 Å². The van der Waals surface area contributed by atoms with Gasteiger partial charge in [-0.3, -0.25) is 0 Å². The van der Waals surface area contributed by atoms with Crippen LogP contribution in [0.1, 0.15) is 17.7 Å². The lowest BCUT2D eigenvalue weighted by atomic mass is 10.2. The quantitative estimate of drug-likeness (QED) is 0.622. The molecule has 0 unspecified atom stereocenters. The monoisotopic (exact) mass is 269 g/mol. The molecule has 1 heterocycles. The molecule has 0 bridgehead atoms. The van der Waals surface area contributed by atoms with Crippen molar-refractivity contribution in [2.75, 3.05) is 7.11 Å². The van der Waals surface area contributed by atoms with E-state index in [1.54, 1.807) is 0 Å². The fourth-order valence-electron chi connectivity index (χ4n) is 1.06. The smallest absolute Gasteiger partial charge is 0.267 e. The lowest BCUT2D eigenvalue weighted by molar-refractivity contribution is 0.146. The average molecular weight is 270 g/mol. The fourth-order valence-corrected chi connectivity index (χ4v) is 1.44. The topological polar surface area (TPSA) is 22.1 Å². The number of methoxy groups -OCH3 is 1. The van der Waals surface area contributed by atoms with Gasteiger partial charge in [0.05, 0.1) is 18.4 Å². The van der Waals surface area contributed by atoms with Crippen LogP contribution in [-0.4, -0.2) is 12.1 Å². The summed E-state index contributed by atoms with van der Waals surface area (Å²) < 4.78 is 42.4. The van der Waals surface area contributed by atoms with Gasteiger partial charge in [-0.2, -0.15) is 4.39 Å². The molecule has 1 aromatic rings. The van der Waals surface area contributed by atoms with E-state index in [-0.39, 0.29) is 16.8 Å². The van der Waals surface area contributed by atoms with Gasteiger partial charge in [0, 0.05) is 11.4 Å². The predicted octanol–water partition coefficient (Wildman–Crippen LogP) is 3.06. The summed E-state index contributed by atoms with van der Waals surface area (Å²) in [4.78, 5) is 3.43. The third kappa shape index (κ3) is 2.17. The van der Waals surface area contributed by atoms with E-state index in [1.807, 2.05) is 0 Å². The van der Waals surface area contributed by atoms with Gasteiger partial charge in [-0.1, -0.05) is 15.9 Å². The Labute approximate surface area is 87.2 Å². The van der Waals surface area contributed by atoms with Crippen LogP contribution in [0.15, 0.2) is 6.07 Å². The maximum atomic E-state index is 12.8. The lowest BCUT2D eigenvalue weighted by Crippen LogP contribution is -2.01. The first kappa shape index (κ1) is 11.3. The highest BCUT2D eigenvalue weighted by Gasteiger charge is 2.19. The molecule has 1 aromatic heterocycles. The van der Waals surface area contributed by atoms with Gasteiger partial charge in [0.25, 0.3) is 6.43 Å². The molecule has 0 N–H and O–H groups in total. The number of rotatable bonds is 3. The first-order valence-corrected chi connectivity index (χ1v) is 4.79. The minimum absolute atomic E-state index is 0.0710. The molecule has 0 aliphatic rings. The van der Waals surface area contributed by atoms with Crippen LogP contribution in [0.4, 0.5) is 13.2 Å². The third-order valence-electron chi connectivity index (χ3n) is 1.61. The van der Waals surface area contributed by atoms with Crippen molar-refractivity contribution < 1.29 is 17.9 Å². The van der Waals surface area contributed by atoms with E-state index in [4.69, 9.17) is 4.74 Å². The molecule has 0 spiro atoms. The van der Waals surface area contributed by atoms with Crippen molar-refractivity contribution in [3.63, 3.8) is 0 Å². The van der Waals surface area contributed by atoms with Gasteiger partial charge in [0.2, 0.25) is 5.95 Å². The summed E-state index contributed by atoms with van der Waals surface area (Å²) in [5.74, 6) is -1.01. The Balaban J connectivity index is 3.31. The molecule has 0 saturated heterocycles. The number of alkyl halides is 3. The van der Waals surface area contributed by atoms with E-state index < -0.39 is 17.9 Å². The Morgan fingerprint density at radius 3 is 2.64 bits per heavy atom. The number of hydrogen-bond donors (Lipinski definition) is 0. The molecule has 14 heavy (non-hydrogen) atoms. The van der Waals surface area contributed by atoms with Crippen molar-refractivity contribution in [3.8, 4) is 5.75 Å². The zero-order chi connectivity index (χ0) is 10.7. The van der Waals surface area contributed by atoms with Gasteiger partial charge in [-0.25, -0.2) is 13.8 Å². The Morgan fingerprint density at radius 1 is 1.57 bits per heavy atom. The number of aromatic nitrogens is 1. The lowest BCUT2D eigenvalue weighted by Gasteiger charge is -2.10. The van der Waals surface area contributed by atoms with Gasteiger partial charge < -0.3 is 4.74 Å². The largest absolute Gasteiger partial charge is 0.494 e. The summed E-state index contributed by atoms with van der Waals surface area (Å²) in [6, 6.07) is 0.676. The molecule has 1 rings (SSSR count). The van der Waals surface area contributed by atoms with Crippen LogP contribution in [0.5, 0.6) is 5.75 Å². The fraction of sp³-hybridized carbons (Fsp3) is 0.375. The van der Waals surface area contributed by atoms with E-state index in [9.17, 15) is 13.2 Å². The Hall–Kier alpha value is -0.780. The van der Waals surface area contributed by atoms with Gasteiger partial charge in [-0.05, 0) is 0 Å². The number of nitrogens with zero attached hydrogens (tertiary/aromatic N) is 1. The molecular formula is C8H7BrF3NO. The number of pyridine rings is 1. The van der Waals surface area contributed by atoms with Crippen molar-refractivity contribution in [2.45, 2.75) is 11.8 Å². The van der Waals surface area contributed by atoms with Gasteiger partial charge in [0.1, 0.15) is 5.75 Å². The van der Waals surface area contributed by atoms with Crippen LogP contribution in [0.3, 0.4) is 0 Å². The van der Waals surface area contributed by atoms with Crippen molar-refractivity contribution in [2.24, 2.45) is 0 Å². The predicted molar refractivity (Wildman–Crippen MR) is 48.3 cm³/mol. The maximum absolute atomic E-state index is 12.8. The SMILES string of the molecule is COc1c(C(F)F)cc(F)nc1CBr. The molecule has 0 fully saturated rings. The number of halogens is 4. The van der Waals surface area contributed by atoms with E-state index >= 15 is 0 Å². The Bertz CT molecular complexity index is 333. The zero-order valence-corrected chi connectivity index (χ0v) is 8.82. The maximum Gasteiger partial charge on any atom is 0.267 e. The second-order valence-corrected chi connectivity index (χ2v) is 3.01. The first-order valence-electron chi connectivity index (χ1n) is 3.67. The first-order chi connectivity index (χ1) is 6.60. The molecule has 0 amide bonds. The molecule has 6 heteroatoms. The van der Waals surface area contributed by atoms with Crippen LogP contribution >= 0.6 is 15.9 Å². The van der Waals surface area contributed by atoms with Crippen LogP contribution in [0.2, 0.25) is 0 Å². The van der Waals surface area contributed by atoms with Gasteiger partial charge in [-0.15, -0.1) is 0 Å². The number of ether oxygens (including phenoxy) is 1. The van der Waals surface area contributed by atoms with Crippen LogP contribution < -0.4 is 4.74 Å². The molecule has 0 atom stereocenters. The normalized spacial score (nSPS) is 10.7. The standard InChI is InChI=1S/C8H7BrF3NO/c1-14-7-4(8(11)12)2-6(10)13-5(7)3-9/h2,8H,3H2,1H3. The molecule has 0 aliphatic heterocycles. The molecule has 0 radical (unpaired) electrons. The summed E-state index contributed by atoms with van der Waals surface area (Å²) >= 11 is 3.01. The third-order valence-corrected chi connectivity index (χ3v) is 2.14. The molecule has 0 saturated carbocycles. The van der Waals surface area contributed by atoms with E-state index in [0.29, 0.717) is 6.07 Å². The molecule has 78 valence electrons. The second kappa shape index (κ2) is 4.63. The summed E-state index contributed by atoms with van der Waals surface area (Å²) in [6.45, 7) is 0. The Kier molecular flexibility index (Phi) is 3.74. The molecule has 2 nitrogen and oxygen atoms in total. The average Bonchev–Trinajstić information content (AvgIpc) is 2.16. The van der Waals surface area contributed by atoms with E-state index in [2.05, 4.69) is 20.9 Å². The summed E-state index contributed by atoms with van der Waals surface area (Å²) in [5, 5.41) is 0.160. The van der Waals surface area contributed by atoms with Crippen molar-refractivity contribution in [1.29, 1.82) is 0 Å².